The first kappa shape index (κ1) is 14.3. The molecule has 0 saturated heterocycles. The zero-order valence-electron chi connectivity index (χ0n) is 11.5. The van der Waals surface area contributed by atoms with Gasteiger partial charge in [-0.25, -0.2) is 0 Å². The molecule has 4 heteroatoms. The Bertz CT molecular complexity index is 508. The number of esters is 1. The van der Waals surface area contributed by atoms with Gasteiger partial charge in [0.1, 0.15) is 6.61 Å². The Labute approximate surface area is 118 Å². The summed E-state index contributed by atoms with van der Waals surface area (Å²) < 4.78 is 10.3. The minimum absolute atomic E-state index is 0.175. The molecule has 0 aliphatic rings. The van der Waals surface area contributed by atoms with Crippen LogP contribution >= 0.6 is 0 Å². The summed E-state index contributed by atoms with van der Waals surface area (Å²) in [5.74, 6) is -0.362. The van der Waals surface area contributed by atoms with Gasteiger partial charge in [0.05, 0.1) is 18.4 Å². The van der Waals surface area contributed by atoms with Crippen LogP contribution in [-0.2, 0) is 22.7 Å². The fourth-order valence-corrected chi connectivity index (χ4v) is 1.78. The summed E-state index contributed by atoms with van der Waals surface area (Å²) >= 11 is 0. The van der Waals surface area contributed by atoms with E-state index in [1.807, 2.05) is 43.3 Å². The highest BCUT2D eigenvalue weighted by Gasteiger charge is 2.14. The molecule has 2 rings (SSSR count). The maximum atomic E-state index is 11.8. The minimum Gasteiger partial charge on any atom is -0.472 e. The molecule has 1 N–H and O–H groups in total. The zero-order valence-corrected chi connectivity index (χ0v) is 11.5. The van der Waals surface area contributed by atoms with Crippen LogP contribution < -0.4 is 5.32 Å². The molecule has 1 aromatic heterocycles. The normalized spacial score (nSPS) is 12.1. The van der Waals surface area contributed by atoms with E-state index in [1.54, 1.807) is 12.5 Å². The lowest BCUT2D eigenvalue weighted by Crippen LogP contribution is -2.27. The summed E-state index contributed by atoms with van der Waals surface area (Å²) in [6.07, 6.45) is 3.32. The maximum Gasteiger partial charge on any atom is 0.310 e. The van der Waals surface area contributed by atoms with Crippen LogP contribution in [0.5, 0.6) is 0 Å². The lowest BCUT2D eigenvalue weighted by Gasteiger charge is -2.12. The number of carbonyl (C=O) groups is 1. The second-order valence-electron chi connectivity index (χ2n) is 4.76. The Kier molecular flexibility index (Phi) is 5.38. The van der Waals surface area contributed by atoms with Crippen molar-refractivity contribution < 1.29 is 13.9 Å². The second kappa shape index (κ2) is 7.50. The predicted molar refractivity (Wildman–Crippen MR) is 75.8 cm³/mol. The number of carbonyl (C=O) groups excluding carboxylic acids is 1. The molecule has 0 aliphatic heterocycles. The number of benzene rings is 1. The summed E-state index contributed by atoms with van der Waals surface area (Å²) in [6.45, 7) is 3.45. The van der Waals surface area contributed by atoms with Crippen molar-refractivity contribution >= 4 is 5.97 Å². The molecule has 0 bridgehead atoms. The summed E-state index contributed by atoms with van der Waals surface area (Å²) in [4.78, 5) is 11.8. The SMILES string of the molecule is CC(CNCc1ccoc1)C(=O)OCc1ccccc1. The molecule has 106 valence electrons. The van der Waals surface area contributed by atoms with Crippen LogP contribution in [0, 0.1) is 5.92 Å². The Balaban J connectivity index is 1.66. The average Bonchev–Trinajstić information content (AvgIpc) is 2.99. The van der Waals surface area contributed by atoms with Crippen LogP contribution in [0.2, 0.25) is 0 Å². The van der Waals surface area contributed by atoms with Gasteiger partial charge in [-0.1, -0.05) is 37.3 Å². The van der Waals surface area contributed by atoms with Gasteiger partial charge in [0.15, 0.2) is 0 Å². The number of nitrogens with one attached hydrogen (secondary N) is 1. The molecule has 0 amide bonds. The van der Waals surface area contributed by atoms with Crippen molar-refractivity contribution in [1.29, 1.82) is 0 Å². The quantitative estimate of drug-likeness (QED) is 0.788. The van der Waals surface area contributed by atoms with Gasteiger partial charge in [-0.15, -0.1) is 0 Å². The third-order valence-electron chi connectivity index (χ3n) is 2.99. The van der Waals surface area contributed by atoms with Gasteiger partial charge >= 0.3 is 5.97 Å². The van der Waals surface area contributed by atoms with Crippen molar-refractivity contribution in [2.45, 2.75) is 20.1 Å². The van der Waals surface area contributed by atoms with Crippen molar-refractivity contribution in [3.8, 4) is 0 Å². The average molecular weight is 273 g/mol. The van der Waals surface area contributed by atoms with E-state index in [9.17, 15) is 4.79 Å². The van der Waals surface area contributed by atoms with Gasteiger partial charge in [-0.2, -0.15) is 0 Å². The van der Waals surface area contributed by atoms with E-state index < -0.39 is 0 Å². The number of hydrogen-bond acceptors (Lipinski definition) is 4. The monoisotopic (exact) mass is 273 g/mol. The molecule has 2 aromatic rings. The summed E-state index contributed by atoms with van der Waals surface area (Å²) in [5.41, 5.74) is 2.06. The number of ether oxygens (including phenoxy) is 1. The first-order valence-corrected chi connectivity index (χ1v) is 6.68. The van der Waals surface area contributed by atoms with E-state index >= 15 is 0 Å². The lowest BCUT2D eigenvalue weighted by molar-refractivity contribution is -0.149. The molecule has 0 spiro atoms. The number of hydrogen-bond donors (Lipinski definition) is 1. The fraction of sp³-hybridized carbons (Fsp3) is 0.312. The number of rotatable bonds is 7. The van der Waals surface area contributed by atoms with Crippen molar-refractivity contribution in [2.24, 2.45) is 5.92 Å². The van der Waals surface area contributed by atoms with Gasteiger partial charge < -0.3 is 14.5 Å². The standard InChI is InChI=1S/C16H19NO3/c1-13(9-17-10-15-7-8-19-11-15)16(18)20-12-14-5-3-2-4-6-14/h2-8,11,13,17H,9-10,12H2,1H3. The molecular formula is C16H19NO3. The third-order valence-corrected chi connectivity index (χ3v) is 2.99. The van der Waals surface area contributed by atoms with Crippen LogP contribution in [0.25, 0.3) is 0 Å². The third kappa shape index (κ3) is 4.55. The van der Waals surface area contributed by atoms with Crippen molar-refractivity contribution in [3.63, 3.8) is 0 Å². The smallest absolute Gasteiger partial charge is 0.310 e. The van der Waals surface area contributed by atoms with E-state index in [2.05, 4.69) is 5.32 Å². The Morgan fingerprint density at radius 3 is 2.75 bits per heavy atom. The molecular weight excluding hydrogens is 254 g/mol. The van der Waals surface area contributed by atoms with Crippen LogP contribution in [-0.4, -0.2) is 12.5 Å². The Morgan fingerprint density at radius 1 is 1.25 bits per heavy atom. The van der Waals surface area contributed by atoms with Crippen LogP contribution in [0.4, 0.5) is 0 Å². The van der Waals surface area contributed by atoms with Gasteiger partial charge in [0.2, 0.25) is 0 Å². The topological polar surface area (TPSA) is 51.5 Å². The molecule has 1 heterocycles. The van der Waals surface area contributed by atoms with E-state index in [4.69, 9.17) is 9.15 Å². The molecule has 20 heavy (non-hydrogen) atoms. The molecule has 4 nitrogen and oxygen atoms in total. The lowest BCUT2D eigenvalue weighted by atomic mass is 10.2. The maximum absolute atomic E-state index is 11.8. The van der Waals surface area contributed by atoms with Crippen LogP contribution in [0.1, 0.15) is 18.1 Å². The Morgan fingerprint density at radius 2 is 2.05 bits per heavy atom. The molecule has 0 radical (unpaired) electrons. The first-order valence-electron chi connectivity index (χ1n) is 6.68. The van der Waals surface area contributed by atoms with Gasteiger partial charge in [-0.3, -0.25) is 4.79 Å². The van der Waals surface area contributed by atoms with Crippen LogP contribution in [0.15, 0.2) is 53.3 Å². The van der Waals surface area contributed by atoms with E-state index in [0.29, 0.717) is 19.7 Å². The van der Waals surface area contributed by atoms with Gasteiger partial charge in [0, 0.05) is 18.7 Å². The zero-order chi connectivity index (χ0) is 14.2. The summed E-state index contributed by atoms with van der Waals surface area (Å²) in [6, 6.07) is 11.6. The molecule has 1 aromatic carbocycles. The molecule has 1 atom stereocenters. The van der Waals surface area contributed by atoms with Crippen LogP contribution in [0.3, 0.4) is 0 Å². The van der Waals surface area contributed by atoms with Gasteiger partial charge in [-0.05, 0) is 11.6 Å². The molecule has 1 unspecified atom stereocenters. The second-order valence-corrected chi connectivity index (χ2v) is 4.76. The van der Waals surface area contributed by atoms with Crippen molar-refractivity contribution in [3.05, 3.63) is 60.1 Å². The Hall–Kier alpha value is -2.07. The predicted octanol–water partition coefficient (Wildman–Crippen LogP) is 2.75. The molecule has 0 aliphatic carbocycles. The van der Waals surface area contributed by atoms with E-state index in [-0.39, 0.29) is 11.9 Å². The highest BCUT2D eigenvalue weighted by atomic mass is 16.5. The minimum atomic E-state index is -0.187. The fourth-order valence-electron chi connectivity index (χ4n) is 1.78. The van der Waals surface area contributed by atoms with Gasteiger partial charge in [0.25, 0.3) is 0 Å². The summed E-state index contributed by atoms with van der Waals surface area (Å²) in [5, 5.41) is 3.21. The highest BCUT2D eigenvalue weighted by Crippen LogP contribution is 2.05. The molecule has 0 saturated carbocycles. The molecule has 0 fully saturated rings. The summed E-state index contributed by atoms with van der Waals surface area (Å²) in [7, 11) is 0. The van der Waals surface area contributed by atoms with Crippen molar-refractivity contribution in [1.82, 2.24) is 5.32 Å². The van der Waals surface area contributed by atoms with E-state index in [0.717, 1.165) is 11.1 Å². The van der Waals surface area contributed by atoms with Crippen molar-refractivity contribution in [2.75, 3.05) is 6.54 Å². The number of furan rings is 1. The largest absolute Gasteiger partial charge is 0.472 e. The first-order chi connectivity index (χ1) is 9.75. The highest BCUT2D eigenvalue weighted by molar-refractivity contribution is 5.72. The van der Waals surface area contributed by atoms with E-state index in [1.165, 1.54) is 0 Å².